The molecule has 128 valence electrons. The van der Waals surface area contributed by atoms with E-state index in [0.29, 0.717) is 17.3 Å². The summed E-state index contributed by atoms with van der Waals surface area (Å²) in [6.07, 6.45) is 0. The molecule has 0 radical (unpaired) electrons. The molecule has 2 aromatic heterocycles. The standard InChI is InChI=1S/C16H15N5O2S2/c22-14(12-5-2-1-3-6-12)9-17-15(23)11-25-16-18-19-20-21(16)10-13-7-4-8-24-13/h1-8H,9-11H2,(H,17,23). The summed E-state index contributed by atoms with van der Waals surface area (Å²) in [4.78, 5) is 25.0. The number of rotatable bonds is 8. The molecule has 1 aromatic carbocycles. The van der Waals surface area contributed by atoms with Crippen molar-refractivity contribution in [1.82, 2.24) is 25.5 Å². The fourth-order valence-corrected chi connectivity index (χ4v) is 3.43. The smallest absolute Gasteiger partial charge is 0.230 e. The number of nitrogens with zero attached hydrogens (tertiary/aromatic N) is 4. The zero-order valence-corrected chi connectivity index (χ0v) is 14.8. The first-order valence-corrected chi connectivity index (χ1v) is 9.35. The third kappa shape index (κ3) is 4.97. The molecular weight excluding hydrogens is 358 g/mol. The number of Topliss-reactive ketones (excluding diaryl/α,β-unsaturated/α-hetero) is 1. The Hall–Kier alpha value is -2.52. The van der Waals surface area contributed by atoms with E-state index in [0.717, 1.165) is 4.88 Å². The predicted molar refractivity (Wildman–Crippen MR) is 95.7 cm³/mol. The second kappa shape index (κ2) is 8.54. The minimum absolute atomic E-state index is 0.0243. The lowest BCUT2D eigenvalue weighted by Crippen LogP contribution is -2.31. The third-order valence-electron chi connectivity index (χ3n) is 3.26. The molecule has 0 aliphatic carbocycles. The van der Waals surface area contributed by atoms with Crippen molar-refractivity contribution in [1.29, 1.82) is 0 Å². The van der Waals surface area contributed by atoms with Crippen molar-refractivity contribution in [3.05, 3.63) is 58.3 Å². The zero-order valence-electron chi connectivity index (χ0n) is 13.2. The number of hydrogen-bond donors (Lipinski definition) is 1. The second-order valence-corrected chi connectivity index (χ2v) is 7.03. The second-order valence-electron chi connectivity index (χ2n) is 5.05. The SMILES string of the molecule is O=C(CSc1nnnn1Cc1cccs1)NCC(=O)c1ccccc1. The largest absolute Gasteiger partial charge is 0.348 e. The highest BCUT2D eigenvalue weighted by Gasteiger charge is 2.12. The van der Waals surface area contributed by atoms with E-state index < -0.39 is 0 Å². The number of hydrogen-bond acceptors (Lipinski definition) is 7. The van der Waals surface area contributed by atoms with Crippen molar-refractivity contribution in [3.8, 4) is 0 Å². The van der Waals surface area contributed by atoms with E-state index in [1.165, 1.54) is 11.8 Å². The lowest BCUT2D eigenvalue weighted by atomic mass is 10.1. The van der Waals surface area contributed by atoms with Crippen LogP contribution in [0.15, 0.2) is 53.0 Å². The van der Waals surface area contributed by atoms with E-state index in [-0.39, 0.29) is 24.0 Å². The molecule has 0 saturated heterocycles. The first-order valence-electron chi connectivity index (χ1n) is 7.48. The van der Waals surface area contributed by atoms with Crippen LogP contribution in [0.5, 0.6) is 0 Å². The minimum atomic E-state index is -0.236. The number of benzene rings is 1. The molecular formula is C16H15N5O2S2. The van der Waals surface area contributed by atoms with Crippen LogP contribution >= 0.6 is 23.1 Å². The Morgan fingerprint density at radius 2 is 2.00 bits per heavy atom. The fraction of sp³-hybridized carbons (Fsp3) is 0.188. The Labute approximate surface area is 152 Å². The molecule has 0 atom stereocenters. The minimum Gasteiger partial charge on any atom is -0.348 e. The van der Waals surface area contributed by atoms with E-state index in [1.54, 1.807) is 40.3 Å². The molecule has 0 fully saturated rings. The van der Waals surface area contributed by atoms with E-state index in [9.17, 15) is 9.59 Å². The maximum atomic E-state index is 12.0. The zero-order chi connectivity index (χ0) is 17.5. The topological polar surface area (TPSA) is 89.8 Å². The van der Waals surface area contributed by atoms with Crippen molar-refractivity contribution in [3.63, 3.8) is 0 Å². The van der Waals surface area contributed by atoms with Gasteiger partial charge in [0.05, 0.1) is 18.8 Å². The lowest BCUT2D eigenvalue weighted by molar-refractivity contribution is -0.118. The summed E-state index contributed by atoms with van der Waals surface area (Å²) in [6, 6.07) is 12.8. The first-order chi connectivity index (χ1) is 12.2. The maximum Gasteiger partial charge on any atom is 0.230 e. The average Bonchev–Trinajstić information content (AvgIpc) is 3.31. The van der Waals surface area contributed by atoms with Gasteiger partial charge in [0.15, 0.2) is 5.78 Å². The Kier molecular flexibility index (Phi) is 5.91. The van der Waals surface area contributed by atoms with Gasteiger partial charge in [0.1, 0.15) is 0 Å². The molecule has 0 aliphatic rings. The van der Waals surface area contributed by atoms with E-state index in [2.05, 4.69) is 20.8 Å². The van der Waals surface area contributed by atoms with E-state index >= 15 is 0 Å². The Morgan fingerprint density at radius 3 is 2.76 bits per heavy atom. The van der Waals surface area contributed by atoms with Gasteiger partial charge in [-0.2, -0.15) is 0 Å². The Morgan fingerprint density at radius 1 is 1.16 bits per heavy atom. The van der Waals surface area contributed by atoms with Gasteiger partial charge < -0.3 is 5.32 Å². The number of thiophene rings is 1. The highest BCUT2D eigenvalue weighted by molar-refractivity contribution is 7.99. The molecule has 3 aromatic rings. The van der Waals surface area contributed by atoms with Crippen molar-refractivity contribution < 1.29 is 9.59 Å². The number of ketones is 1. The predicted octanol–water partition coefficient (Wildman–Crippen LogP) is 1.87. The summed E-state index contributed by atoms with van der Waals surface area (Å²) in [6.45, 7) is 0.546. The number of amides is 1. The molecule has 0 unspecified atom stereocenters. The number of nitrogens with one attached hydrogen (secondary N) is 1. The van der Waals surface area contributed by atoms with Crippen LogP contribution in [0.1, 0.15) is 15.2 Å². The Balaban J connectivity index is 1.47. The van der Waals surface area contributed by atoms with Crippen LogP contribution in [0.3, 0.4) is 0 Å². The summed E-state index contributed by atoms with van der Waals surface area (Å²) >= 11 is 2.86. The molecule has 0 aliphatic heterocycles. The maximum absolute atomic E-state index is 12.0. The van der Waals surface area contributed by atoms with Crippen LogP contribution < -0.4 is 5.32 Å². The monoisotopic (exact) mass is 373 g/mol. The van der Waals surface area contributed by atoms with Crippen molar-refractivity contribution in [2.24, 2.45) is 0 Å². The van der Waals surface area contributed by atoms with Gasteiger partial charge in [0.25, 0.3) is 0 Å². The lowest BCUT2D eigenvalue weighted by Gasteiger charge is -2.05. The summed E-state index contributed by atoms with van der Waals surface area (Å²) in [5, 5.41) is 16.7. The van der Waals surface area contributed by atoms with Crippen molar-refractivity contribution >= 4 is 34.8 Å². The van der Waals surface area contributed by atoms with Gasteiger partial charge in [-0.1, -0.05) is 48.2 Å². The van der Waals surface area contributed by atoms with Gasteiger partial charge in [-0.15, -0.1) is 16.4 Å². The van der Waals surface area contributed by atoms with Gasteiger partial charge in [-0.3, -0.25) is 9.59 Å². The molecule has 0 saturated carbocycles. The van der Waals surface area contributed by atoms with Gasteiger partial charge in [0, 0.05) is 10.4 Å². The van der Waals surface area contributed by atoms with Crippen LogP contribution in [0.4, 0.5) is 0 Å². The molecule has 25 heavy (non-hydrogen) atoms. The van der Waals surface area contributed by atoms with Crippen LogP contribution in [0, 0.1) is 0 Å². The third-order valence-corrected chi connectivity index (χ3v) is 5.08. The molecule has 1 N–H and O–H groups in total. The summed E-state index contributed by atoms with van der Waals surface area (Å²) in [5.74, 6) is -0.214. The molecule has 7 nitrogen and oxygen atoms in total. The highest BCUT2D eigenvalue weighted by Crippen LogP contribution is 2.16. The molecule has 0 bridgehead atoms. The molecule has 1 amide bonds. The number of thioether (sulfide) groups is 1. The molecule has 2 heterocycles. The van der Waals surface area contributed by atoms with Gasteiger partial charge in [-0.05, 0) is 21.9 Å². The highest BCUT2D eigenvalue weighted by atomic mass is 32.2. The number of carbonyl (C=O) groups is 2. The molecule has 9 heteroatoms. The summed E-state index contributed by atoms with van der Waals surface area (Å²) in [7, 11) is 0. The normalized spacial score (nSPS) is 10.6. The van der Waals surface area contributed by atoms with Crippen LogP contribution in [0.25, 0.3) is 0 Å². The van der Waals surface area contributed by atoms with E-state index in [1.807, 2.05) is 23.6 Å². The summed E-state index contributed by atoms with van der Waals surface area (Å²) < 4.78 is 1.65. The van der Waals surface area contributed by atoms with Gasteiger partial charge >= 0.3 is 0 Å². The summed E-state index contributed by atoms with van der Waals surface area (Å²) in [5.41, 5.74) is 0.579. The quantitative estimate of drug-likeness (QED) is 0.479. The van der Waals surface area contributed by atoms with Crippen LogP contribution in [-0.4, -0.2) is 44.2 Å². The van der Waals surface area contributed by atoms with Crippen molar-refractivity contribution in [2.75, 3.05) is 12.3 Å². The first kappa shape index (κ1) is 17.3. The number of carbonyl (C=O) groups excluding carboxylic acids is 2. The number of tetrazole rings is 1. The van der Waals surface area contributed by atoms with Gasteiger partial charge in [0.2, 0.25) is 11.1 Å². The van der Waals surface area contributed by atoms with Gasteiger partial charge in [-0.25, -0.2) is 4.68 Å². The van der Waals surface area contributed by atoms with E-state index in [4.69, 9.17) is 0 Å². The fourth-order valence-electron chi connectivity index (χ4n) is 2.04. The van der Waals surface area contributed by atoms with Crippen molar-refractivity contribution in [2.45, 2.75) is 11.7 Å². The number of aromatic nitrogens is 4. The molecule has 0 spiro atoms. The van der Waals surface area contributed by atoms with Crippen LogP contribution in [0.2, 0.25) is 0 Å². The van der Waals surface area contributed by atoms with Crippen LogP contribution in [-0.2, 0) is 11.3 Å². The Bertz CT molecular complexity index is 833. The average molecular weight is 373 g/mol. The molecule has 3 rings (SSSR count).